The summed E-state index contributed by atoms with van der Waals surface area (Å²) in [6.45, 7) is 2.32. The summed E-state index contributed by atoms with van der Waals surface area (Å²) in [6, 6.07) is 6.39. The van der Waals surface area contributed by atoms with Crippen molar-refractivity contribution in [3.63, 3.8) is 0 Å². The molecule has 0 atom stereocenters. The molecule has 1 aromatic carbocycles. The van der Waals surface area contributed by atoms with Crippen LogP contribution < -0.4 is 0 Å². The smallest absolute Gasteiger partial charge is 0.157 e. The van der Waals surface area contributed by atoms with Crippen LogP contribution in [0.5, 0.6) is 0 Å². The number of imidazole rings is 1. The van der Waals surface area contributed by atoms with E-state index >= 15 is 0 Å². The van der Waals surface area contributed by atoms with E-state index < -0.39 is 0 Å². The molecule has 0 aliphatic heterocycles. The van der Waals surface area contributed by atoms with Crippen molar-refractivity contribution in [2.75, 3.05) is 0 Å². The molecule has 2 aromatic rings. The maximum absolute atomic E-state index is 13.5. The van der Waals surface area contributed by atoms with Crippen molar-refractivity contribution in [3.05, 3.63) is 53.9 Å². The molecule has 0 bridgehead atoms. The largest absolute Gasteiger partial charge is 0.327 e. The Kier molecular flexibility index (Phi) is 4.44. The highest BCUT2D eigenvalue weighted by Gasteiger charge is 2.10. The normalized spacial score (nSPS) is 10.6. The van der Waals surface area contributed by atoms with Gasteiger partial charge in [-0.25, -0.2) is 9.37 Å². The summed E-state index contributed by atoms with van der Waals surface area (Å²) in [6.07, 6.45) is 5.44. The molecule has 1 aromatic heterocycles. The predicted molar refractivity (Wildman–Crippen MR) is 71.3 cm³/mol. The van der Waals surface area contributed by atoms with E-state index in [9.17, 15) is 9.18 Å². The van der Waals surface area contributed by atoms with Crippen molar-refractivity contribution in [3.8, 4) is 0 Å². The fourth-order valence-corrected chi connectivity index (χ4v) is 2.04. The molecule has 0 aliphatic rings. The molecule has 0 spiro atoms. The fraction of sp³-hybridized carbons (Fsp3) is 0.333. The monoisotopic (exact) mass is 260 g/mol. The maximum atomic E-state index is 13.5. The Morgan fingerprint density at radius 1 is 1.37 bits per heavy atom. The van der Waals surface area contributed by atoms with Crippen molar-refractivity contribution < 1.29 is 9.18 Å². The van der Waals surface area contributed by atoms with Crippen molar-refractivity contribution >= 4 is 5.78 Å². The Morgan fingerprint density at radius 3 is 2.89 bits per heavy atom. The molecule has 0 fully saturated rings. The van der Waals surface area contributed by atoms with Crippen LogP contribution in [0.25, 0.3) is 0 Å². The van der Waals surface area contributed by atoms with E-state index in [-0.39, 0.29) is 24.6 Å². The van der Waals surface area contributed by atoms with Gasteiger partial charge in [0.1, 0.15) is 11.6 Å². The van der Waals surface area contributed by atoms with E-state index in [2.05, 4.69) is 11.9 Å². The Hall–Kier alpha value is -1.97. The van der Waals surface area contributed by atoms with Gasteiger partial charge in [0, 0.05) is 25.2 Å². The average molecular weight is 260 g/mol. The third-order valence-corrected chi connectivity index (χ3v) is 2.97. The highest BCUT2D eigenvalue weighted by molar-refractivity contribution is 5.80. The number of aromatic nitrogens is 2. The number of nitrogens with zero attached hydrogens (tertiary/aromatic N) is 2. The number of benzene rings is 1. The van der Waals surface area contributed by atoms with Crippen LogP contribution in [0, 0.1) is 5.82 Å². The zero-order valence-corrected chi connectivity index (χ0v) is 11.0. The van der Waals surface area contributed by atoms with Gasteiger partial charge >= 0.3 is 0 Å². The summed E-state index contributed by atoms with van der Waals surface area (Å²) < 4.78 is 15.3. The van der Waals surface area contributed by atoms with Crippen LogP contribution in [-0.4, -0.2) is 15.3 Å². The van der Waals surface area contributed by atoms with Gasteiger partial charge in [-0.15, -0.1) is 0 Å². The molecule has 100 valence electrons. The lowest BCUT2D eigenvalue weighted by Crippen LogP contribution is -2.15. The molecular weight excluding hydrogens is 243 g/mol. The molecule has 0 radical (unpaired) electrons. The molecule has 1 heterocycles. The first kappa shape index (κ1) is 13.5. The molecule has 0 saturated carbocycles. The summed E-state index contributed by atoms with van der Waals surface area (Å²) in [5, 5.41) is 0. The van der Waals surface area contributed by atoms with Crippen LogP contribution in [0.15, 0.2) is 36.7 Å². The van der Waals surface area contributed by atoms with E-state index in [1.807, 2.05) is 4.57 Å². The summed E-state index contributed by atoms with van der Waals surface area (Å²) in [5.41, 5.74) is 0.449. The Balaban J connectivity index is 2.02. The summed E-state index contributed by atoms with van der Waals surface area (Å²) >= 11 is 0. The summed E-state index contributed by atoms with van der Waals surface area (Å²) in [5.74, 6) is 0.570. The Labute approximate surface area is 112 Å². The van der Waals surface area contributed by atoms with Gasteiger partial charge in [-0.3, -0.25) is 4.79 Å². The first-order valence-corrected chi connectivity index (χ1v) is 6.45. The zero-order valence-electron chi connectivity index (χ0n) is 11.0. The van der Waals surface area contributed by atoms with Crippen LogP contribution in [0.2, 0.25) is 0 Å². The van der Waals surface area contributed by atoms with Crippen LogP contribution >= 0.6 is 0 Å². The number of hydrogen-bond donors (Lipinski definition) is 0. The Morgan fingerprint density at radius 2 is 2.16 bits per heavy atom. The van der Waals surface area contributed by atoms with Gasteiger partial charge in [0.15, 0.2) is 5.78 Å². The lowest BCUT2D eigenvalue weighted by atomic mass is 10.1. The highest BCUT2D eigenvalue weighted by atomic mass is 19.1. The SMILES string of the molecule is CCCc1nccn1CC(=O)Cc1ccccc1F. The number of rotatable bonds is 6. The van der Waals surface area contributed by atoms with Crippen LogP contribution in [0.3, 0.4) is 0 Å². The number of Topliss-reactive ketones (excluding diaryl/α,β-unsaturated/α-hetero) is 1. The lowest BCUT2D eigenvalue weighted by Gasteiger charge is -2.07. The molecular formula is C15H17FN2O. The second kappa shape index (κ2) is 6.27. The van der Waals surface area contributed by atoms with E-state index in [1.54, 1.807) is 30.6 Å². The number of ketones is 1. The van der Waals surface area contributed by atoms with Gasteiger partial charge in [-0.2, -0.15) is 0 Å². The molecule has 3 nitrogen and oxygen atoms in total. The van der Waals surface area contributed by atoms with Crippen molar-refractivity contribution in [2.24, 2.45) is 0 Å². The lowest BCUT2D eigenvalue weighted by molar-refractivity contribution is -0.119. The van der Waals surface area contributed by atoms with Gasteiger partial charge in [0.2, 0.25) is 0 Å². The minimum Gasteiger partial charge on any atom is -0.327 e. The highest BCUT2D eigenvalue weighted by Crippen LogP contribution is 2.09. The molecule has 0 unspecified atom stereocenters. The second-order valence-electron chi connectivity index (χ2n) is 4.53. The molecule has 19 heavy (non-hydrogen) atoms. The third-order valence-electron chi connectivity index (χ3n) is 2.97. The minimum atomic E-state index is -0.324. The fourth-order valence-electron chi connectivity index (χ4n) is 2.04. The second-order valence-corrected chi connectivity index (χ2v) is 4.53. The number of hydrogen-bond acceptors (Lipinski definition) is 2. The number of carbonyl (C=O) groups is 1. The first-order valence-electron chi connectivity index (χ1n) is 6.45. The maximum Gasteiger partial charge on any atom is 0.157 e. The average Bonchev–Trinajstić information content (AvgIpc) is 2.80. The molecule has 0 amide bonds. The number of aryl methyl sites for hydroxylation is 1. The van der Waals surface area contributed by atoms with Gasteiger partial charge in [-0.1, -0.05) is 25.1 Å². The van der Waals surface area contributed by atoms with Crippen molar-refractivity contribution in [1.82, 2.24) is 9.55 Å². The van der Waals surface area contributed by atoms with Crippen molar-refractivity contribution in [2.45, 2.75) is 32.7 Å². The van der Waals surface area contributed by atoms with Gasteiger partial charge < -0.3 is 4.57 Å². The number of carbonyl (C=O) groups excluding carboxylic acids is 1. The van der Waals surface area contributed by atoms with E-state index in [0.717, 1.165) is 18.7 Å². The van der Waals surface area contributed by atoms with Crippen molar-refractivity contribution in [1.29, 1.82) is 0 Å². The standard InChI is InChI=1S/C15H17FN2O/c1-2-5-15-17-8-9-18(15)11-13(19)10-12-6-3-4-7-14(12)16/h3-4,6-9H,2,5,10-11H2,1H3. The topological polar surface area (TPSA) is 34.9 Å². The number of halogens is 1. The van der Waals surface area contributed by atoms with E-state index in [1.165, 1.54) is 6.07 Å². The molecule has 2 rings (SSSR count). The van der Waals surface area contributed by atoms with Gasteiger partial charge in [0.25, 0.3) is 0 Å². The van der Waals surface area contributed by atoms with Gasteiger partial charge in [0.05, 0.1) is 6.54 Å². The Bertz CT molecular complexity index is 563. The van der Waals surface area contributed by atoms with E-state index in [4.69, 9.17) is 0 Å². The van der Waals surface area contributed by atoms with E-state index in [0.29, 0.717) is 5.56 Å². The van der Waals surface area contributed by atoms with Gasteiger partial charge in [-0.05, 0) is 18.1 Å². The molecule has 0 saturated heterocycles. The zero-order chi connectivity index (χ0) is 13.7. The quantitative estimate of drug-likeness (QED) is 0.800. The molecule has 4 heteroatoms. The summed E-state index contributed by atoms with van der Waals surface area (Å²) in [4.78, 5) is 16.2. The van der Waals surface area contributed by atoms with Crippen LogP contribution in [-0.2, 0) is 24.2 Å². The summed E-state index contributed by atoms with van der Waals surface area (Å²) in [7, 11) is 0. The third kappa shape index (κ3) is 3.50. The minimum absolute atomic E-state index is 0.0135. The first-order chi connectivity index (χ1) is 9.20. The molecule has 0 aliphatic carbocycles. The van der Waals surface area contributed by atoms with Crippen LogP contribution in [0.4, 0.5) is 4.39 Å². The van der Waals surface area contributed by atoms with Crippen LogP contribution in [0.1, 0.15) is 24.7 Å². The molecule has 0 N–H and O–H groups in total. The predicted octanol–water partition coefficient (Wildman–Crippen LogP) is 2.79.